The summed E-state index contributed by atoms with van der Waals surface area (Å²) in [6, 6.07) is 7.70. The van der Waals surface area contributed by atoms with E-state index in [1.165, 1.54) is 11.8 Å². The Balaban J connectivity index is 2.26. The standard InChI is InChI=1S/C12H14N2O2S/c1-3-10(15)9-6-4-5-7-11(9)17-12-14-13-8(2)16-12/h4-7,10,15H,3H2,1-2H3. The van der Waals surface area contributed by atoms with Crippen molar-refractivity contribution < 1.29 is 9.52 Å². The fourth-order valence-electron chi connectivity index (χ4n) is 1.48. The van der Waals surface area contributed by atoms with Crippen molar-refractivity contribution in [3.63, 3.8) is 0 Å². The first-order valence-electron chi connectivity index (χ1n) is 5.45. The molecule has 0 fully saturated rings. The van der Waals surface area contributed by atoms with Gasteiger partial charge in [-0.1, -0.05) is 25.1 Å². The summed E-state index contributed by atoms with van der Waals surface area (Å²) >= 11 is 1.38. The van der Waals surface area contributed by atoms with E-state index in [0.717, 1.165) is 10.5 Å². The highest BCUT2D eigenvalue weighted by molar-refractivity contribution is 7.99. The molecule has 1 aromatic heterocycles. The van der Waals surface area contributed by atoms with Crippen LogP contribution in [0.3, 0.4) is 0 Å². The smallest absolute Gasteiger partial charge is 0.281 e. The van der Waals surface area contributed by atoms with Crippen molar-refractivity contribution >= 4 is 11.8 Å². The second-order valence-corrected chi connectivity index (χ2v) is 4.64. The van der Waals surface area contributed by atoms with Crippen LogP contribution in [-0.2, 0) is 0 Å². The Morgan fingerprint density at radius 3 is 2.76 bits per heavy atom. The highest BCUT2D eigenvalue weighted by Gasteiger charge is 2.13. The second-order valence-electron chi connectivity index (χ2n) is 3.65. The van der Waals surface area contributed by atoms with Gasteiger partial charge in [-0.2, -0.15) is 0 Å². The van der Waals surface area contributed by atoms with Crippen molar-refractivity contribution in [2.24, 2.45) is 0 Å². The van der Waals surface area contributed by atoms with Crippen molar-refractivity contribution in [2.75, 3.05) is 0 Å². The SMILES string of the molecule is CCC(O)c1ccccc1Sc1nnc(C)o1. The number of aliphatic hydroxyl groups excluding tert-OH is 1. The molecular formula is C12H14N2O2S. The summed E-state index contributed by atoms with van der Waals surface area (Å²) in [5.41, 5.74) is 0.899. The van der Waals surface area contributed by atoms with E-state index in [9.17, 15) is 5.11 Å². The van der Waals surface area contributed by atoms with Gasteiger partial charge in [0.25, 0.3) is 5.22 Å². The zero-order valence-corrected chi connectivity index (χ0v) is 10.6. The molecular weight excluding hydrogens is 236 g/mol. The second kappa shape index (κ2) is 5.33. The van der Waals surface area contributed by atoms with Gasteiger partial charge in [0.1, 0.15) is 0 Å². The van der Waals surface area contributed by atoms with Gasteiger partial charge in [-0.15, -0.1) is 10.2 Å². The van der Waals surface area contributed by atoms with E-state index in [0.29, 0.717) is 17.5 Å². The topological polar surface area (TPSA) is 59.2 Å². The molecule has 1 N–H and O–H groups in total. The number of aryl methyl sites for hydroxylation is 1. The van der Waals surface area contributed by atoms with Crippen LogP contribution in [0.25, 0.3) is 0 Å². The molecule has 0 saturated carbocycles. The largest absolute Gasteiger partial charge is 0.416 e. The van der Waals surface area contributed by atoms with Gasteiger partial charge in [0.15, 0.2) is 0 Å². The summed E-state index contributed by atoms with van der Waals surface area (Å²) in [7, 11) is 0. The van der Waals surface area contributed by atoms with Crippen molar-refractivity contribution in [2.45, 2.75) is 36.5 Å². The molecule has 90 valence electrons. The Hall–Kier alpha value is -1.33. The Morgan fingerprint density at radius 1 is 1.35 bits per heavy atom. The van der Waals surface area contributed by atoms with Crippen molar-refractivity contribution in [3.8, 4) is 0 Å². The lowest BCUT2D eigenvalue weighted by Gasteiger charge is -2.11. The van der Waals surface area contributed by atoms with Crippen LogP contribution < -0.4 is 0 Å². The van der Waals surface area contributed by atoms with Gasteiger partial charge in [0.2, 0.25) is 5.89 Å². The number of aliphatic hydroxyl groups is 1. The molecule has 0 bridgehead atoms. The molecule has 1 aromatic carbocycles. The number of nitrogens with zero attached hydrogens (tertiary/aromatic N) is 2. The number of hydrogen-bond donors (Lipinski definition) is 1. The van der Waals surface area contributed by atoms with Crippen molar-refractivity contribution in [1.82, 2.24) is 10.2 Å². The molecule has 5 heteroatoms. The summed E-state index contributed by atoms with van der Waals surface area (Å²) < 4.78 is 5.31. The van der Waals surface area contributed by atoms with Gasteiger partial charge in [-0.25, -0.2) is 0 Å². The van der Waals surface area contributed by atoms with Gasteiger partial charge in [-0.3, -0.25) is 0 Å². The summed E-state index contributed by atoms with van der Waals surface area (Å²) in [5.74, 6) is 0.543. The lowest BCUT2D eigenvalue weighted by Crippen LogP contribution is -1.97. The zero-order chi connectivity index (χ0) is 12.3. The van der Waals surface area contributed by atoms with Crippen LogP contribution >= 0.6 is 11.8 Å². The summed E-state index contributed by atoms with van der Waals surface area (Å²) in [6.07, 6.45) is 0.225. The van der Waals surface area contributed by atoms with Gasteiger partial charge in [0, 0.05) is 11.8 Å². The van der Waals surface area contributed by atoms with Gasteiger partial charge < -0.3 is 9.52 Å². The zero-order valence-electron chi connectivity index (χ0n) is 9.75. The lowest BCUT2D eigenvalue weighted by atomic mass is 10.1. The summed E-state index contributed by atoms with van der Waals surface area (Å²) in [4.78, 5) is 0.950. The first-order chi connectivity index (χ1) is 8.20. The average Bonchev–Trinajstić information content (AvgIpc) is 2.74. The number of benzene rings is 1. The first-order valence-corrected chi connectivity index (χ1v) is 6.27. The van der Waals surface area contributed by atoms with E-state index in [1.54, 1.807) is 6.92 Å². The quantitative estimate of drug-likeness (QED) is 0.904. The van der Waals surface area contributed by atoms with E-state index in [1.807, 2.05) is 31.2 Å². The highest BCUT2D eigenvalue weighted by atomic mass is 32.2. The predicted octanol–water partition coefficient (Wildman–Crippen LogP) is 2.97. The minimum atomic E-state index is -0.456. The third-order valence-electron chi connectivity index (χ3n) is 2.37. The molecule has 17 heavy (non-hydrogen) atoms. The maximum absolute atomic E-state index is 9.91. The maximum Gasteiger partial charge on any atom is 0.281 e. The molecule has 1 heterocycles. The third-order valence-corrected chi connectivity index (χ3v) is 3.30. The van der Waals surface area contributed by atoms with Crippen LogP contribution in [0.15, 0.2) is 38.8 Å². The number of aromatic nitrogens is 2. The molecule has 0 amide bonds. The van der Waals surface area contributed by atoms with Crippen LogP contribution in [0.1, 0.15) is 30.9 Å². The molecule has 0 aliphatic carbocycles. The molecule has 4 nitrogen and oxygen atoms in total. The Labute approximate surface area is 104 Å². The molecule has 0 radical (unpaired) electrons. The van der Waals surface area contributed by atoms with E-state index in [2.05, 4.69) is 10.2 Å². The Morgan fingerprint density at radius 2 is 2.12 bits per heavy atom. The van der Waals surface area contributed by atoms with Crippen LogP contribution in [-0.4, -0.2) is 15.3 Å². The van der Waals surface area contributed by atoms with E-state index >= 15 is 0 Å². The van der Waals surface area contributed by atoms with E-state index in [4.69, 9.17) is 4.42 Å². The van der Waals surface area contributed by atoms with Gasteiger partial charge in [0.05, 0.1) is 6.10 Å². The van der Waals surface area contributed by atoms with Gasteiger partial charge >= 0.3 is 0 Å². The Bertz CT molecular complexity index is 499. The predicted molar refractivity (Wildman–Crippen MR) is 64.9 cm³/mol. The van der Waals surface area contributed by atoms with Crippen LogP contribution in [0.2, 0.25) is 0 Å². The lowest BCUT2D eigenvalue weighted by molar-refractivity contribution is 0.171. The fraction of sp³-hybridized carbons (Fsp3) is 0.333. The van der Waals surface area contributed by atoms with E-state index in [-0.39, 0.29) is 0 Å². The van der Waals surface area contributed by atoms with Gasteiger partial charge in [-0.05, 0) is 29.8 Å². The molecule has 0 saturated heterocycles. The summed E-state index contributed by atoms with van der Waals surface area (Å²) in [6.45, 7) is 3.70. The minimum absolute atomic E-state index is 0.456. The third kappa shape index (κ3) is 2.87. The Kier molecular flexibility index (Phi) is 3.81. The normalized spacial score (nSPS) is 12.6. The van der Waals surface area contributed by atoms with E-state index < -0.39 is 6.10 Å². The molecule has 2 aromatic rings. The van der Waals surface area contributed by atoms with Crippen molar-refractivity contribution in [3.05, 3.63) is 35.7 Å². The monoisotopic (exact) mass is 250 g/mol. The summed E-state index contributed by atoms with van der Waals surface area (Å²) in [5, 5.41) is 18.1. The molecule has 0 aliphatic heterocycles. The number of hydrogen-bond acceptors (Lipinski definition) is 5. The molecule has 0 aliphatic rings. The fourth-order valence-corrected chi connectivity index (χ4v) is 2.38. The maximum atomic E-state index is 9.91. The number of rotatable bonds is 4. The minimum Gasteiger partial charge on any atom is -0.416 e. The van der Waals surface area contributed by atoms with Crippen LogP contribution in [0.5, 0.6) is 0 Å². The molecule has 1 atom stereocenters. The van der Waals surface area contributed by atoms with Crippen LogP contribution in [0, 0.1) is 6.92 Å². The molecule has 0 spiro atoms. The van der Waals surface area contributed by atoms with Crippen molar-refractivity contribution in [1.29, 1.82) is 0 Å². The molecule has 1 unspecified atom stereocenters. The molecule has 2 rings (SSSR count). The van der Waals surface area contributed by atoms with Crippen LogP contribution in [0.4, 0.5) is 0 Å². The highest BCUT2D eigenvalue weighted by Crippen LogP contribution is 2.33. The average molecular weight is 250 g/mol. The first kappa shape index (κ1) is 12.1.